The molecule has 4 heteroatoms. The normalized spacial score (nSPS) is 9.80. The van der Waals surface area contributed by atoms with Crippen LogP contribution >= 0.6 is 22.6 Å². The zero-order chi connectivity index (χ0) is 7.72. The minimum absolute atomic E-state index is 0.0953. The zero-order valence-electron chi connectivity index (χ0n) is 5.07. The van der Waals surface area contributed by atoms with Gasteiger partial charge in [0.2, 0.25) is 0 Å². The smallest absolute Gasteiger partial charge is 0.169 e. The van der Waals surface area contributed by atoms with Gasteiger partial charge in [0.05, 0.1) is 11.4 Å². The first-order valence-corrected chi connectivity index (χ1v) is 3.69. The summed E-state index contributed by atoms with van der Waals surface area (Å²) >= 11 is 1.95. The maximum atomic E-state index is 12.7. The molecule has 1 aromatic carbocycles. The van der Waals surface area contributed by atoms with Crippen molar-refractivity contribution in [2.45, 2.75) is 0 Å². The van der Waals surface area contributed by atoms with Gasteiger partial charge < -0.3 is 11.5 Å². The highest BCUT2D eigenvalue weighted by Gasteiger charge is 2.04. The quantitative estimate of drug-likeness (QED) is 0.544. The molecule has 0 amide bonds. The summed E-state index contributed by atoms with van der Waals surface area (Å²) < 4.78 is 13.4. The number of anilines is 2. The first-order chi connectivity index (χ1) is 4.63. The number of nitrogens with two attached hydrogens (primary N) is 2. The van der Waals surface area contributed by atoms with Crippen LogP contribution in [0, 0.1) is 9.39 Å². The van der Waals surface area contributed by atoms with E-state index < -0.39 is 5.82 Å². The van der Waals surface area contributed by atoms with Crippen LogP contribution in [0.25, 0.3) is 0 Å². The lowest BCUT2D eigenvalue weighted by Crippen LogP contribution is -1.98. The highest BCUT2D eigenvalue weighted by Crippen LogP contribution is 2.22. The molecule has 0 spiro atoms. The van der Waals surface area contributed by atoms with Crippen molar-refractivity contribution in [3.8, 4) is 0 Å². The molecule has 0 atom stereocenters. The number of nitrogen functional groups attached to an aromatic ring is 2. The van der Waals surface area contributed by atoms with Crippen molar-refractivity contribution in [3.05, 3.63) is 21.5 Å². The fourth-order valence-electron chi connectivity index (χ4n) is 0.586. The fraction of sp³-hybridized carbons (Fsp3) is 0. The van der Waals surface area contributed by atoms with E-state index in [0.717, 1.165) is 0 Å². The molecule has 10 heavy (non-hydrogen) atoms. The summed E-state index contributed by atoms with van der Waals surface area (Å²) in [5.74, 6) is -0.521. The van der Waals surface area contributed by atoms with Crippen molar-refractivity contribution in [2.24, 2.45) is 0 Å². The third-order valence-electron chi connectivity index (χ3n) is 1.16. The van der Waals surface area contributed by atoms with Crippen LogP contribution in [0.15, 0.2) is 12.1 Å². The maximum absolute atomic E-state index is 12.7. The van der Waals surface area contributed by atoms with Crippen molar-refractivity contribution in [1.29, 1.82) is 0 Å². The fourth-order valence-corrected chi connectivity index (χ4v) is 1.00. The van der Waals surface area contributed by atoms with E-state index >= 15 is 0 Å². The predicted molar refractivity (Wildman–Crippen MR) is 47.9 cm³/mol. The molecule has 0 aromatic heterocycles. The largest absolute Gasteiger partial charge is 0.396 e. The van der Waals surface area contributed by atoms with Gasteiger partial charge in [-0.1, -0.05) is 0 Å². The lowest BCUT2D eigenvalue weighted by atomic mass is 10.3. The molecule has 54 valence electrons. The summed E-state index contributed by atoms with van der Waals surface area (Å²) in [6.45, 7) is 0. The molecule has 0 aliphatic rings. The summed E-state index contributed by atoms with van der Waals surface area (Å²) in [5.41, 5.74) is 10.8. The van der Waals surface area contributed by atoms with Crippen LogP contribution in [0.2, 0.25) is 0 Å². The van der Waals surface area contributed by atoms with Gasteiger partial charge in [-0.2, -0.15) is 0 Å². The van der Waals surface area contributed by atoms with Crippen molar-refractivity contribution in [2.75, 3.05) is 11.5 Å². The van der Waals surface area contributed by atoms with E-state index in [4.69, 9.17) is 11.5 Å². The Labute approximate surface area is 71.5 Å². The molecule has 0 saturated heterocycles. The average Bonchev–Trinajstić information content (AvgIpc) is 1.93. The van der Waals surface area contributed by atoms with Crippen LogP contribution in [0.3, 0.4) is 0 Å². The van der Waals surface area contributed by atoms with Gasteiger partial charge >= 0.3 is 0 Å². The minimum atomic E-state index is -0.521. The predicted octanol–water partition coefficient (Wildman–Crippen LogP) is 1.59. The molecular weight excluding hydrogens is 246 g/mol. The van der Waals surface area contributed by atoms with Crippen molar-refractivity contribution < 1.29 is 4.39 Å². The summed E-state index contributed by atoms with van der Waals surface area (Å²) in [7, 11) is 0. The summed E-state index contributed by atoms with van der Waals surface area (Å²) in [6.07, 6.45) is 0. The third kappa shape index (κ3) is 1.16. The number of benzene rings is 1. The molecule has 0 unspecified atom stereocenters. The van der Waals surface area contributed by atoms with E-state index in [-0.39, 0.29) is 11.4 Å². The zero-order valence-corrected chi connectivity index (χ0v) is 7.22. The summed E-state index contributed by atoms with van der Waals surface area (Å²) in [4.78, 5) is 0. The lowest BCUT2D eigenvalue weighted by Gasteiger charge is -2.01. The highest BCUT2D eigenvalue weighted by atomic mass is 127. The summed E-state index contributed by atoms with van der Waals surface area (Å²) in [6, 6.07) is 3.17. The second kappa shape index (κ2) is 2.61. The van der Waals surface area contributed by atoms with Gasteiger partial charge in [-0.15, -0.1) is 0 Å². The molecule has 4 N–H and O–H groups in total. The van der Waals surface area contributed by atoms with Gasteiger partial charge in [0.15, 0.2) is 5.82 Å². The number of hydrogen-bond donors (Lipinski definition) is 2. The number of halogens is 2. The van der Waals surface area contributed by atoms with Crippen LogP contribution < -0.4 is 11.5 Å². The Kier molecular flexibility index (Phi) is 1.98. The molecular formula is C6H6FIN2. The average molecular weight is 252 g/mol. The molecule has 0 bridgehead atoms. The molecule has 0 saturated carbocycles. The van der Waals surface area contributed by atoms with Crippen LogP contribution in [-0.2, 0) is 0 Å². The first-order valence-electron chi connectivity index (χ1n) is 2.62. The van der Waals surface area contributed by atoms with Crippen molar-refractivity contribution in [1.82, 2.24) is 0 Å². The van der Waals surface area contributed by atoms with Crippen molar-refractivity contribution in [3.63, 3.8) is 0 Å². The topological polar surface area (TPSA) is 52.0 Å². The van der Waals surface area contributed by atoms with E-state index in [0.29, 0.717) is 3.57 Å². The lowest BCUT2D eigenvalue weighted by molar-refractivity contribution is 0.636. The molecule has 0 aliphatic carbocycles. The number of hydrogen-bond acceptors (Lipinski definition) is 2. The van der Waals surface area contributed by atoms with Crippen LogP contribution in [-0.4, -0.2) is 0 Å². The van der Waals surface area contributed by atoms with E-state index in [1.807, 2.05) is 22.6 Å². The standard InChI is InChI=1S/C6H6FIN2/c7-5-4(9)2-1-3(8)6(5)10/h1-2H,9-10H2. The van der Waals surface area contributed by atoms with E-state index in [2.05, 4.69) is 0 Å². The number of rotatable bonds is 0. The second-order valence-corrected chi connectivity index (χ2v) is 3.03. The molecule has 2 nitrogen and oxygen atoms in total. The molecule has 0 aliphatic heterocycles. The minimum Gasteiger partial charge on any atom is -0.396 e. The monoisotopic (exact) mass is 252 g/mol. The highest BCUT2D eigenvalue weighted by molar-refractivity contribution is 14.1. The molecule has 0 fully saturated rings. The van der Waals surface area contributed by atoms with Gasteiger partial charge in [-0.05, 0) is 34.7 Å². The van der Waals surface area contributed by atoms with Crippen LogP contribution in [0.1, 0.15) is 0 Å². The van der Waals surface area contributed by atoms with Gasteiger partial charge in [-0.25, -0.2) is 4.39 Å². The van der Waals surface area contributed by atoms with E-state index in [1.54, 1.807) is 6.07 Å². The Morgan fingerprint density at radius 3 is 2.40 bits per heavy atom. The van der Waals surface area contributed by atoms with E-state index in [1.165, 1.54) is 6.07 Å². The molecule has 1 aromatic rings. The van der Waals surface area contributed by atoms with Crippen molar-refractivity contribution >= 4 is 34.0 Å². The SMILES string of the molecule is Nc1ccc(I)c(N)c1F. The first kappa shape index (κ1) is 7.59. The van der Waals surface area contributed by atoms with Crippen LogP contribution in [0.4, 0.5) is 15.8 Å². The van der Waals surface area contributed by atoms with Gasteiger partial charge in [0, 0.05) is 3.57 Å². The van der Waals surface area contributed by atoms with Gasteiger partial charge in [-0.3, -0.25) is 0 Å². The Morgan fingerprint density at radius 1 is 1.30 bits per heavy atom. The molecule has 1 rings (SSSR count). The third-order valence-corrected chi connectivity index (χ3v) is 2.10. The van der Waals surface area contributed by atoms with E-state index in [9.17, 15) is 4.39 Å². The summed E-state index contributed by atoms with van der Waals surface area (Å²) in [5, 5.41) is 0. The molecule has 0 radical (unpaired) electrons. The Morgan fingerprint density at radius 2 is 1.90 bits per heavy atom. The Bertz CT molecular complexity index is 235. The Hall–Kier alpha value is -0.520. The van der Waals surface area contributed by atoms with Gasteiger partial charge in [0.1, 0.15) is 0 Å². The van der Waals surface area contributed by atoms with Gasteiger partial charge in [0.25, 0.3) is 0 Å². The Balaban J connectivity index is 3.34. The molecule has 0 heterocycles. The maximum Gasteiger partial charge on any atom is 0.169 e. The second-order valence-electron chi connectivity index (χ2n) is 1.86. The van der Waals surface area contributed by atoms with Crippen LogP contribution in [0.5, 0.6) is 0 Å².